The predicted octanol–water partition coefficient (Wildman–Crippen LogP) is 5.73. The largest absolute Gasteiger partial charge is 0.473 e. The zero-order valence-corrected chi connectivity index (χ0v) is 24.3. The van der Waals surface area contributed by atoms with Crippen molar-refractivity contribution < 1.29 is 29.3 Å². The van der Waals surface area contributed by atoms with Crippen LogP contribution in [0.3, 0.4) is 0 Å². The lowest BCUT2D eigenvalue weighted by Gasteiger charge is -2.63. The van der Waals surface area contributed by atoms with E-state index in [1.54, 1.807) is 0 Å². The van der Waals surface area contributed by atoms with E-state index in [0.717, 1.165) is 24.0 Å². The Morgan fingerprint density at radius 3 is 2.39 bits per heavy atom. The summed E-state index contributed by atoms with van der Waals surface area (Å²) in [4.78, 5) is 20.5. The molecule has 0 saturated heterocycles. The molecule has 5 rings (SSSR count). The third-order valence-corrected chi connectivity index (χ3v) is 12.5. The minimum atomic E-state index is -1.82. The zero-order chi connectivity index (χ0) is 27.7. The molecule has 8 heteroatoms. The maximum absolute atomic E-state index is 12.3. The molecule has 3 N–H and O–H groups in total. The van der Waals surface area contributed by atoms with Crippen molar-refractivity contribution in [3.63, 3.8) is 0 Å². The lowest BCUT2D eigenvalue weighted by atomic mass is 9.43. The van der Waals surface area contributed by atoms with Gasteiger partial charge in [0.2, 0.25) is 0 Å². The second-order valence-electron chi connectivity index (χ2n) is 13.1. The van der Waals surface area contributed by atoms with Crippen molar-refractivity contribution in [2.75, 3.05) is 26.4 Å². The summed E-state index contributed by atoms with van der Waals surface area (Å²) < 4.78 is 5.45. The van der Waals surface area contributed by atoms with Crippen molar-refractivity contribution in [2.45, 2.75) is 94.8 Å². The smallest absolute Gasteiger partial charge is 0.414 e. The fourth-order valence-corrected chi connectivity index (χ4v) is 10.3. The van der Waals surface area contributed by atoms with Gasteiger partial charge < -0.3 is 24.6 Å². The number of hydrogen-bond donors (Lipinski definition) is 3. The van der Waals surface area contributed by atoms with Gasteiger partial charge in [0.1, 0.15) is 0 Å². The molecule has 1 aromatic rings. The number of hydrogen-bond acceptors (Lipinski definition) is 6. The normalized spacial score (nSPS) is 39.9. The molecule has 38 heavy (non-hydrogen) atoms. The fourth-order valence-electron chi connectivity index (χ4n) is 8.98. The van der Waals surface area contributed by atoms with Gasteiger partial charge in [0, 0.05) is 10.7 Å². The van der Waals surface area contributed by atoms with Crippen LogP contribution >= 0.6 is 11.8 Å². The first-order valence-corrected chi connectivity index (χ1v) is 15.4. The molecule has 214 valence electrons. The Labute approximate surface area is 231 Å². The second kappa shape index (κ2) is 11.5. The average Bonchev–Trinajstić information content (AvgIpc) is 3.48. The van der Waals surface area contributed by atoms with E-state index in [-0.39, 0.29) is 5.41 Å². The predicted molar refractivity (Wildman–Crippen MR) is 149 cm³/mol. The van der Waals surface area contributed by atoms with Gasteiger partial charge in [-0.25, -0.2) is 9.59 Å². The Morgan fingerprint density at radius 2 is 1.76 bits per heavy atom. The lowest BCUT2D eigenvalue weighted by Crippen LogP contribution is -2.61. The minimum absolute atomic E-state index is 0.000723. The highest BCUT2D eigenvalue weighted by Crippen LogP contribution is 2.70. The molecule has 4 aliphatic carbocycles. The van der Waals surface area contributed by atoms with E-state index in [2.05, 4.69) is 50.7 Å². The van der Waals surface area contributed by atoms with Gasteiger partial charge in [-0.1, -0.05) is 13.8 Å². The summed E-state index contributed by atoms with van der Waals surface area (Å²) in [6.45, 7) is 6.24. The van der Waals surface area contributed by atoms with Crippen molar-refractivity contribution in [2.24, 2.45) is 28.6 Å². The summed E-state index contributed by atoms with van der Waals surface area (Å²) in [5.74, 6) is 0.178. The fraction of sp³-hybridized carbons (Fsp3) is 0.800. The van der Waals surface area contributed by atoms with Crippen LogP contribution in [0.25, 0.3) is 0 Å². The summed E-state index contributed by atoms with van der Waals surface area (Å²) in [5, 5.41) is 28.0. The van der Waals surface area contributed by atoms with Gasteiger partial charge in [-0.3, -0.25) is 0 Å². The van der Waals surface area contributed by atoms with E-state index in [0.29, 0.717) is 23.2 Å². The van der Waals surface area contributed by atoms with Gasteiger partial charge in [-0.15, -0.1) is 0 Å². The SMILES string of the molecule is CN(C)CCCS[C@H]1CC[C@@]2(C)[C@H](CC[C@@H]3[C@@H]2CC[C@]2(C)[C@@H](c4ccoc4)CC[C@]32O)C1.O=C(O)C(=O)O. The van der Waals surface area contributed by atoms with Crippen molar-refractivity contribution in [1.82, 2.24) is 4.90 Å². The molecule has 1 aromatic heterocycles. The molecule has 0 bridgehead atoms. The number of furan rings is 1. The number of carboxylic acid groups (broad SMARTS) is 2. The molecule has 4 aliphatic rings. The monoisotopic (exact) mass is 549 g/mol. The van der Waals surface area contributed by atoms with Crippen LogP contribution in [0.2, 0.25) is 0 Å². The van der Waals surface area contributed by atoms with E-state index >= 15 is 0 Å². The lowest BCUT2D eigenvalue weighted by molar-refractivity contribution is -0.200. The molecular weight excluding hydrogens is 502 g/mol. The van der Waals surface area contributed by atoms with Crippen molar-refractivity contribution in [1.29, 1.82) is 0 Å². The number of rotatable bonds is 6. The van der Waals surface area contributed by atoms with Crippen molar-refractivity contribution >= 4 is 23.7 Å². The molecule has 8 atom stereocenters. The van der Waals surface area contributed by atoms with Crippen molar-refractivity contribution in [3.8, 4) is 0 Å². The Balaban J connectivity index is 0.000000505. The van der Waals surface area contributed by atoms with Crippen LogP contribution < -0.4 is 0 Å². The Morgan fingerprint density at radius 1 is 1.03 bits per heavy atom. The molecule has 7 nitrogen and oxygen atoms in total. The minimum Gasteiger partial charge on any atom is -0.473 e. The van der Waals surface area contributed by atoms with Gasteiger partial charge in [-0.2, -0.15) is 11.8 Å². The van der Waals surface area contributed by atoms with Gasteiger partial charge in [-0.05, 0) is 131 Å². The van der Waals surface area contributed by atoms with E-state index in [4.69, 9.17) is 24.2 Å². The number of carbonyl (C=O) groups is 2. The number of nitrogens with zero attached hydrogens (tertiary/aromatic N) is 1. The number of thioether (sulfide) groups is 1. The van der Waals surface area contributed by atoms with Crippen LogP contribution in [0.4, 0.5) is 0 Å². The quantitative estimate of drug-likeness (QED) is 0.305. The van der Waals surface area contributed by atoms with Crippen LogP contribution in [-0.4, -0.2) is 69.4 Å². The maximum atomic E-state index is 12.3. The molecule has 0 aliphatic heterocycles. The zero-order valence-electron chi connectivity index (χ0n) is 23.5. The Hall–Kier alpha value is -1.51. The topological polar surface area (TPSA) is 111 Å². The van der Waals surface area contributed by atoms with E-state index in [1.165, 1.54) is 69.2 Å². The molecule has 1 heterocycles. The maximum Gasteiger partial charge on any atom is 0.414 e. The van der Waals surface area contributed by atoms with Gasteiger partial charge in [0.05, 0.1) is 18.1 Å². The first kappa shape index (κ1) is 29.5. The highest BCUT2D eigenvalue weighted by atomic mass is 32.2. The Bertz CT molecular complexity index is 956. The van der Waals surface area contributed by atoms with Gasteiger partial charge >= 0.3 is 11.9 Å². The molecule has 4 saturated carbocycles. The van der Waals surface area contributed by atoms with Gasteiger partial charge in [0.15, 0.2) is 0 Å². The van der Waals surface area contributed by atoms with Crippen LogP contribution in [0.1, 0.15) is 89.5 Å². The van der Waals surface area contributed by atoms with Crippen LogP contribution in [0, 0.1) is 28.6 Å². The summed E-state index contributed by atoms with van der Waals surface area (Å²) >= 11 is 2.25. The van der Waals surface area contributed by atoms with Crippen LogP contribution in [0.15, 0.2) is 23.0 Å². The highest BCUT2D eigenvalue weighted by Gasteiger charge is 2.67. The average molecular weight is 550 g/mol. The Kier molecular flexibility index (Phi) is 8.95. The van der Waals surface area contributed by atoms with Gasteiger partial charge in [0.25, 0.3) is 0 Å². The van der Waals surface area contributed by atoms with Crippen molar-refractivity contribution in [3.05, 3.63) is 24.2 Å². The number of aliphatic hydroxyl groups is 1. The van der Waals surface area contributed by atoms with E-state index in [9.17, 15) is 5.11 Å². The molecule has 0 aromatic carbocycles. The third-order valence-electron chi connectivity index (χ3n) is 11.0. The summed E-state index contributed by atoms with van der Waals surface area (Å²) in [5.41, 5.74) is 1.26. The van der Waals surface area contributed by atoms with E-state index in [1.807, 2.05) is 12.5 Å². The van der Waals surface area contributed by atoms with Crippen LogP contribution in [0.5, 0.6) is 0 Å². The molecule has 0 spiro atoms. The number of carboxylic acids is 2. The molecule has 4 fully saturated rings. The first-order chi connectivity index (χ1) is 17.9. The molecular formula is C30H47NO6S. The van der Waals surface area contributed by atoms with E-state index < -0.39 is 17.5 Å². The molecule has 0 unspecified atom stereocenters. The molecule has 0 radical (unpaired) electrons. The standard InChI is InChI=1S/C28H45NO2S.C2H2O4/c1-26-12-8-22(32-17-5-15-29(3)4)18-21(26)6-7-25-24(26)9-13-27(2)23(10-14-28(25,27)30)20-11-16-31-19-20;3-1(4)2(5)6/h11,16,19,21-25,30H,5-10,12-15,17-18H2,1-4H3;(H,3,4)(H,5,6)/t21-,22+,23-,24+,25-,26+,27-,28+;/m1./s1. The first-order valence-electron chi connectivity index (χ1n) is 14.4. The summed E-state index contributed by atoms with van der Waals surface area (Å²) in [7, 11) is 4.36. The summed E-state index contributed by atoms with van der Waals surface area (Å²) in [6, 6.07) is 2.14. The number of fused-ring (bicyclic) bond motifs is 5. The third kappa shape index (κ3) is 5.42. The molecule has 0 amide bonds. The summed E-state index contributed by atoms with van der Waals surface area (Å²) in [6.07, 6.45) is 16.4. The second-order valence-corrected chi connectivity index (χ2v) is 14.5. The number of aliphatic carboxylic acids is 2. The van der Waals surface area contributed by atoms with Crippen LogP contribution in [-0.2, 0) is 9.59 Å². The highest BCUT2D eigenvalue weighted by molar-refractivity contribution is 7.99.